The van der Waals surface area contributed by atoms with Crippen molar-refractivity contribution in [1.82, 2.24) is 4.90 Å². The van der Waals surface area contributed by atoms with Crippen molar-refractivity contribution < 1.29 is 9.84 Å². The van der Waals surface area contributed by atoms with Gasteiger partial charge in [0.2, 0.25) is 0 Å². The van der Waals surface area contributed by atoms with E-state index in [0.717, 1.165) is 50.5 Å². The first kappa shape index (κ1) is 11.2. The molecule has 0 radical (unpaired) electrons. The van der Waals surface area contributed by atoms with Crippen LogP contribution in [0.1, 0.15) is 5.56 Å². The molecule has 0 aliphatic carbocycles. The van der Waals surface area contributed by atoms with Crippen LogP contribution in [-0.2, 0) is 11.2 Å². The zero-order valence-corrected chi connectivity index (χ0v) is 9.35. The van der Waals surface area contributed by atoms with Gasteiger partial charge in [-0.15, -0.1) is 0 Å². The van der Waals surface area contributed by atoms with Crippen LogP contribution in [-0.4, -0.2) is 42.9 Å². The minimum Gasteiger partial charge on any atom is -0.508 e. The molecule has 4 heteroatoms. The number of ether oxygens (including phenoxy) is 1. The number of anilines is 1. The highest BCUT2D eigenvalue weighted by molar-refractivity contribution is 5.50. The summed E-state index contributed by atoms with van der Waals surface area (Å²) in [5, 5.41) is 9.39. The lowest BCUT2D eigenvalue weighted by atomic mass is 10.1. The molecular weight excluding hydrogens is 204 g/mol. The Hall–Kier alpha value is -1.26. The number of hydrogen-bond acceptors (Lipinski definition) is 4. The molecule has 1 aliphatic rings. The first-order chi connectivity index (χ1) is 7.75. The highest BCUT2D eigenvalue weighted by atomic mass is 16.5. The Labute approximate surface area is 95.6 Å². The van der Waals surface area contributed by atoms with E-state index in [0.29, 0.717) is 0 Å². The first-order valence-electron chi connectivity index (χ1n) is 5.63. The van der Waals surface area contributed by atoms with E-state index >= 15 is 0 Å². The zero-order valence-electron chi connectivity index (χ0n) is 9.35. The Balaban J connectivity index is 1.90. The van der Waals surface area contributed by atoms with E-state index in [1.54, 1.807) is 18.2 Å². The molecule has 0 aromatic heterocycles. The number of aromatic hydroxyl groups is 1. The molecule has 88 valence electrons. The third-order valence-electron chi connectivity index (χ3n) is 2.93. The van der Waals surface area contributed by atoms with Crippen LogP contribution in [0.5, 0.6) is 5.75 Å². The fraction of sp³-hybridized carbons (Fsp3) is 0.500. The maximum Gasteiger partial charge on any atom is 0.116 e. The van der Waals surface area contributed by atoms with Crippen LogP contribution in [0.4, 0.5) is 5.69 Å². The Bertz CT molecular complexity index is 349. The summed E-state index contributed by atoms with van der Waals surface area (Å²) in [7, 11) is 0. The zero-order chi connectivity index (χ0) is 11.4. The summed E-state index contributed by atoms with van der Waals surface area (Å²) in [6.45, 7) is 4.57. The van der Waals surface area contributed by atoms with Crippen molar-refractivity contribution in [1.29, 1.82) is 0 Å². The van der Waals surface area contributed by atoms with E-state index in [1.165, 1.54) is 0 Å². The van der Waals surface area contributed by atoms with Gasteiger partial charge in [0.1, 0.15) is 5.75 Å². The highest BCUT2D eigenvalue weighted by Gasteiger charge is 2.10. The van der Waals surface area contributed by atoms with Crippen molar-refractivity contribution in [3.8, 4) is 5.75 Å². The molecule has 0 amide bonds. The van der Waals surface area contributed by atoms with E-state index in [4.69, 9.17) is 10.5 Å². The lowest BCUT2D eigenvalue weighted by Crippen LogP contribution is -2.37. The molecule has 1 aromatic rings. The fourth-order valence-electron chi connectivity index (χ4n) is 1.91. The second kappa shape index (κ2) is 5.18. The molecule has 0 bridgehead atoms. The van der Waals surface area contributed by atoms with Gasteiger partial charge in [0.15, 0.2) is 0 Å². The molecule has 1 heterocycles. The first-order valence-corrected chi connectivity index (χ1v) is 5.63. The van der Waals surface area contributed by atoms with Gasteiger partial charge in [-0.25, -0.2) is 0 Å². The molecule has 1 aromatic carbocycles. The Kier molecular flexibility index (Phi) is 3.64. The molecule has 0 saturated carbocycles. The third-order valence-corrected chi connectivity index (χ3v) is 2.93. The summed E-state index contributed by atoms with van der Waals surface area (Å²) in [5.41, 5.74) is 7.63. The van der Waals surface area contributed by atoms with Gasteiger partial charge < -0.3 is 15.6 Å². The number of morpholine rings is 1. The standard InChI is InChI=1S/C12H18N2O2/c13-12-2-1-11(15)9-10(12)3-4-14-5-7-16-8-6-14/h1-2,9,15H,3-8,13H2. The number of nitrogens with zero attached hydrogens (tertiary/aromatic N) is 1. The molecule has 1 saturated heterocycles. The molecule has 16 heavy (non-hydrogen) atoms. The van der Waals surface area contributed by atoms with Gasteiger partial charge in [0.25, 0.3) is 0 Å². The largest absolute Gasteiger partial charge is 0.508 e. The van der Waals surface area contributed by atoms with Crippen LogP contribution < -0.4 is 5.73 Å². The van der Waals surface area contributed by atoms with Crippen LogP contribution in [0, 0.1) is 0 Å². The van der Waals surface area contributed by atoms with E-state index < -0.39 is 0 Å². The highest BCUT2D eigenvalue weighted by Crippen LogP contribution is 2.19. The van der Waals surface area contributed by atoms with Crippen LogP contribution >= 0.6 is 0 Å². The van der Waals surface area contributed by atoms with Crippen LogP contribution in [0.3, 0.4) is 0 Å². The SMILES string of the molecule is Nc1ccc(O)cc1CCN1CCOCC1. The lowest BCUT2D eigenvalue weighted by molar-refractivity contribution is 0.0384. The normalized spacial score (nSPS) is 17.5. The van der Waals surface area contributed by atoms with Gasteiger partial charge in [0, 0.05) is 25.3 Å². The minimum atomic E-state index is 0.283. The summed E-state index contributed by atoms with van der Waals surface area (Å²) < 4.78 is 5.29. The number of nitrogens with two attached hydrogens (primary N) is 1. The van der Waals surface area contributed by atoms with E-state index in [-0.39, 0.29) is 5.75 Å². The molecular formula is C12H18N2O2. The summed E-state index contributed by atoms with van der Waals surface area (Å²) in [5.74, 6) is 0.283. The van der Waals surface area contributed by atoms with Gasteiger partial charge >= 0.3 is 0 Å². The number of rotatable bonds is 3. The quantitative estimate of drug-likeness (QED) is 0.588. The molecule has 3 N–H and O–H groups in total. The summed E-state index contributed by atoms with van der Waals surface area (Å²) in [6, 6.07) is 5.12. The monoisotopic (exact) mass is 222 g/mol. The molecule has 1 aliphatic heterocycles. The van der Waals surface area contributed by atoms with Crippen LogP contribution in [0.15, 0.2) is 18.2 Å². The van der Waals surface area contributed by atoms with Gasteiger partial charge in [-0.1, -0.05) is 0 Å². The lowest BCUT2D eigenvalue weighted by Gasteiger charge is -2.26. The van der Waals surface area contributed by atoms with Crippen molar-refractivity contribution >= 4 is 5.69 Å². The van der Waals surface area contributed by atoms with Crippen molar-refractivity contribution in [2.24, 2.45) is 0 Å². The number of nitrogen functional groups attached to an aromatic ring is 1. The smallest absolute Gasteiger partial charge is 0.116 e. The predicted octanol–water partition coefficient (Wildman–Crippen LogP) is 0.849. The molecule has 1 fully saturated rings. The average Bonchev–Trinajstić information content (AvgIpc) is 2.32. The number of hydrogen-bond donors (Lipinski definition) is 2. The van der Waals surface area contributed by atoms with Crippen molar-refractivity contribution in [2.75, 3.05) is 38.6 Å². The molecule has 2 rings (SSSR count). The fourth-order valence-corrected chi connectivity index (χ4v) is 1.91. The Morgan fingerprint density at radius 2 is 2.06 bits per heavy atom. The topological polar surface area (TPSA) is 58.7 Å². The van der Waals surface area contributed by atoms with Crippen LogP contribution in [0.25, 0.3) is 0 Å². The number of phenolic OH excluding ortho intramolecular Hbond substituents is 1. The second-order valence-corrected chi connectivity index (χ2v) is 4.09. The maximum atomic E-state index is 9.39. The summed E-state index contributed by atoms with van der Waals surface area (Å²) in [6.07, 6.45) is 0.875. The van der Waals surface area contributed by atoms with Gasteiger partial charge in [-0.2, -0.15) is 0 Å². The van der Waals surface area contributed by atoms with E-state index in [9.17, 15) is 5.11 Å². The van der Waals surface area contributed by atoms with Gasteiger partial charge in [0.05, 0.1) is 13.2 Å². The molecule has 0 unspecified atom stereocenters. The average molecular weight is 222 g/mol. The number of phenols is 1. The third kappa shape index (κ3) is 2.87. The molecule has 0 spiro atoms. The molecule has 0 atom stereocenters. The summed E-state index contributed by atoms with van der Waals surface area (Å²) >= 11 is 0. The van der Waals surface area contributed by atoms with Gasteiger partial charge in [-0.3, -0.25) is 4.90 Å². The van der Waals surface area contributed by atoms with Crippen molar-refractivity contribution in [2.45, 2.75) is 6.42 Å². The van der Waals surface area contributed by atoms with E-state index in [1.807, 2.05) is 0 Å². The summed E-state index contributed by atoms with van der Waals surface area (Å²) in [4.78, 5) is 2.35. The van der Waals surface area contributed by atoms with E-state index in [2.05, 4.69) is 4.90 Å². The van der Waals surface area contributed by atoms with Gasteiger partial charge in [-0.05, 0) is 30.2 Å². The maximum absolute atomic E-state index is 9.39. The minimum absolute atomic E-state index is 0.283. The van der Waals surface area contributed by atoms with Crippen molar-refractivity contribution in [3.63, 3.8) is 0 Å². The molecule has 4 nitrogen and oxygen atoms in total. The van der Waals surface area contributed by atoms with Crippen molar-refractivity contribution in [3.05, 3.63) is 23.8 Å². The Morgan fingerprint density at radius 3 is 2.81 bits per heavy atom. The predicted molar refractivity (Wildman–Crippen MR) is 63.5 cm³/mol. The van der Waals surface area contributed by atoms with Crippen LogP contribution in [0.2, 0.25) is 0 Å². The number of benzene rings is 1. The second-order valence-electron chi connectivity index (χ2n) is 4.09. The Morgan fingerprint density at radius 1 is 1.31 bits per heavy atom.